The number of carbonyl (C=O) groups excluding carboxylic acids is 2. The Morgan fingerprint density at radius 1 is 0.744 bits per heavy atom. The molecule has 0 spiro atoms. The molecule has 0 aliphatic carbocycles. The van der Waals surface area contributed by atoms with Gasteiger partial charge in [0.2, 0.25) is 0 Å². The largest absolute Gasteiger partial charge is 0.372 e. The van der Waals surface area contributed by atoms with E-state index in [0.717, 1.165) is 36.3 Å². The average Bonchev–Trinajstić information content (AvgIpc) is 3.58. The van der Waals surface area contributed by atoms with Crippen molar-refractivity contribution in [2.24, 2.45) is 0 Å². The number of nitrogens with zero attached hydrogens (tertiary/aromatic N) is 5. The minimum atomic E-state index is -0.343. The second kappa shape index (κ2) is 13.1. The van der Waals surface area contributed by atoms with E-state index in [1.165, 1.54) is 30.5 Å². The number of hydrogen-bond donors (Lipinski definition) is 2. The molecule has 0 atom stereocenters. The standard InChI is InChI=1S/C34H33N7O2/c42-32(35-34-36-38-39-37-34)28-13-11-27(12-14-28)24-41(31-19-17-30(18-20-31)40-21-5-2-6-22-40)33(43)29-15-9-26(10-16-29)23-25-7-3-1-4-8-25/h1,3-4,7-20H,2,5-6,21-24H2,(H2,35,36,37,38,39,42). The van der Waals surface area contributed by atoms with Crippen molar-refractivity contribution in [2.45, 2.75) is 32.2 Å². The van der Waals surface area contributed by atoms with Gasteiger partial charge in [-0.05, 0) is 96.1 Å². The van der Waals surface area contributed by atoms with Crippen molar-refractivity contribution >= 4 is 29.1 Å². The maximum atomic E-state index is 14.0. The third kappa shape index (κ3) is 6.95. The molecule has 2 N–H and O–H groups in total. The Morgan fingerprint density at radius 3 is 2.07 bits per heavy atom. The number of hydrogen-bond acceptors (Lipinski definition) is 6. The van der Waals surface area contributed by atoms with Gasteiger partial charge in [-0.1, -0.05) is 59.7 Å². The minimum absolute atomic E-state index is 0.0871. The third-order valence-corrected chi connectivity index (χ3v) is 7.71. The molecule has 1 aliphatic heterocycles. The van der Waals surface area contributed by atoms with Crippen LogP contribution < -0.4 is 15.1 Å². The lowest BCUT2D eigenvalue weighted by Crippen LogP contribution is -2.31. The first kappa shape index (κ1) is 27.8. The summed E-state index contributed by atoms with van der Waals surface area (Å²) in [5.41, 5.74) is 6.34. The normalized spacial score (nSPS) is 13.0. The van der Waals surface area contributed by atoms with Crippen molar-refractivity contribution in [2.75, 3.05) is 28.2 Å². The molecular formula is C34H33N7O2. The van der Waals surface area contributed by atoms with Crippen LogP contribution in [0.1, 0.15) is 56.7 Å². The van der Waals surface area contributed by atoms with Crippen LogP contribution in [0.2, 0.25) is 0 Å². The van der Waals surface area contributed by atoms with Crippen molar-refractivity contribution in [3.63, 3.8) is 0 Å². The first-order chi connectivity index (χ1) is 21.1. The zero-order valence-electron chi connectivity index (χ0n) is 23.8. The summed E-state index contributed by atoms with van der Waals surface area (Å²) in [7, 11) is 0. The summed E-state index contributed by atoms with van der Waals surface area (Å²) in [6, 6.07) is 33.6. The number of nitrogens with one attached hydrogen (secondary N) is 2. The topological polar surface area (TPSA) is 107 Å². The van der Waals surface area contributed by atoms with Crippen LogP contribution in [0.4, 0.5) is 17.3 Å². The molecule has 1 aromatic heterocycles. The van der Waals surface area contributed by atoms with Crippen LogP contribution in [0.25, 0.3) is 0 Å². The summed E-state index contributed by atoms with van der Waals surface area (Å²) in [4.78, 5) is 30.7. The number of carbonyl (C=O) groups is 2. The highest BCUT2D eigenvalue weighted by molar-refractivity contribution is 6.06. The number of H-pyrrole nitrogens is 1. The summed E-state index contributed by atoms with van der Waals surface area (Å²) in [5.74, 6) is -0.325. The van der Waals surface area contributed by atoms with Gasteiger partial charge < -0.3 is 9.80 Å². The lowest BCUT2D eigenvalue weighted by molar-refractivity contribution is 0.0983. The number of aromatic nitrogens is 4. The van der Waals surface area contributed by atoms with Gasteiger partial charge in [0.25, 0.3) is 17.8 Å². The van der Waals surface area contributed by atoms with Gasteiger partial charge in [0.1, 0.15) is 0 Å². The Hall–Kier alpha value is -5.31. The van der Waals surface area contributed by atoms with E-state index in [-0.39, 0.29) is 17.8 Å². The van der Waals surface area contributed by atoms with Crippen molar-refractivity contribution in [1.29, 1.82) is 0 Å². The molecule has 1 aliphatic rings. The van der Waals surface area contributed by atoms with E-state index in [2.05, 4.69) is 55.1 Å². The smallest absolute Gasteiger partial charge is 0.270 e. The Kier molecular flexibility index (Phi) is 8.49. The molecule has 1 saturated heterocycles. The van der Waals surface area contributed by atoms with Crippen LogP contribution in [-0.4, -0.2) is 45.5 Å². The van der Waals surface area contributed by atoms with Crippen LogP contribution in [0.15, 0.2) is 103 Å². The predicted octanol–water partition coefficient (Wildman–Crippen LogP) is 5.88. The van der Waals surface area contributed by atoms with Gasteiger partial charge in [-0.2, -0.15) is 5.21 Å². The second-order valence-electron chi connectivity index (χ2n) is 10.7. The molecule has 6 rings (SSSR count). The molecule has 216 valence electrons. The van der Waals surface area contributed by atoms with Gasteiger partial charge in [0, 0.05) is 35.6 Å². The van der Waals surface area contributed by atoms with Gasteiger partial charge >= 0.3 is 0 Å². The summed E-state index contributed by atoms with van der Waals surface area (Å²) in [5, 5.41) is 15.9. The number of amides is 2. The number of piperidine rings is 1. The lowest BCUT2D eigenvalue weighted by Gasteiger charge is -2.29. The highest BCUT2D eigenvalue weighted by Crippen LogP contribution is 2.26. The predicted molar refractivity (Wildman–Crippen MR) is 167 cm³/mol. The fourth-order valence-corrected chi connectivity index (χ4v) is 5.36. The number of aromatic amines is 1. The Balaban J connectivity index is 1.22. The van der Waals surface area contributed by atoms with E-state index < -0.39 is 0 Å². The highest BCUT2D eigenvalue weighted by Gasteiger charge is 2.20. The van der Waals surface area contributed by atoms with Gasteiger partial charge in [-0.25, -0.2) is 0 Å². The quantitative estimate of drug-likeness (QED) is 0.229. The first-order valence-corrected chi connectivity index (χ1v) is 14.6. The summed E-state index contributed by atoms with van der Waals surface area (Å²) in [6.07, 6.45) is 4.49. The highest BCUT2D eigenvalue weighted by atomic mass is 16.2. The number of anilines is 3. The zero-order valence-corrected chi connectivity index (χ0v) is 23.8. The SMILES string of the molecule is O=C(Nc1nn[nH]n1)c1ccc(CN(C(=O)c2ccc(Cc3ccccc3)cc2)c2ccc(N3CCCCC3)cc2)cc1. The molecule has 0 unspecified atom stereocenters. The lowest BCUT2D eigenvalue weighted by atomic mass is 10.0. The van der Waals surface area contributed by atoms with E-state index in [0.29, 0.717) is 17.7 Å². The van der Waals surface area contributed by atoms with Crippen LogP contribution in [0.5, 0.6) is 0 Å². The van der Waals surface area contributed by atoms with E-state index >= 15 is 0 Å². The molecule has 2 heterocycles. The van der Waals surface area contributed by atoms with E-state index in [9.17, 15) is 9.59 Å². The first-order valence-electron chi connectivity index (χ1n) is 14.6. The summed E-state index contributed by atoms with van der Waals surface area (Å²) >= 11 is 0. The van der Waals surface area contributed by atoms with E-state index in [1.54, 1.807) is 17.0 Å². The average molecular weight is 572 g/mol. The van der Waals surface area contributed by atoms with Crippen molar-refractivity contribution in [3.05, 3.63) is 131 Å². The maximum Gasteiger partial charge on any atom is 0.270 e. The van der Waals surface area contributed by atoms with E-state index in [1.807, 2.05) is 66.7 Å². The van der Waals surface area contributed by atoms with Gasteiger partial charge in [0.15, 0.2) is 0 Å². The van der Waals surface area contributed by atoms with Crippen molar-refractivity contribution < 1.29 is 9.59 Å². The molecule has 5 aromatic rings. The Bertz CT molecular complexity index is 1630. The van der Waals surface area contributed by atoms with Crippen molar-refractivity contribution in [1.82, 2.24) is 20.6 Å². The van der Waals surface area contributed by atoms with Crippen molar-refractivity contribution in [3.8, 4) is 0 Å². The molecule has 0 radical (unpaired) electrons. The number of tetrazole rings is 1. The van der Waals surface area contributed by atoms with Gasteiger partial charge in [-0.3, -0.25) is 14.9 Å². The van der Waals surface area contributed by atoms with Crippen LogP contribution in [0.3, 0.4) is 0 Å². The molecule has 9 heteroatoms. The minimum Gasteiger partial charge on any atom is -0.372 e. The molecular weight excluding hydrogens is 538 g/mol. The maximum absolute atomic E-state index is 14.0. The molecule has 0 bridgehead atoms. The molecule has 1 fully saturated rings. The fourth-order valence-electron chi connectivity index (χ4n) is 5.36. The fraction of sp³-hybridized carbons (Fsp3) is 0.206. The molecule has 43 heavy (non-hydrogen) atoms. The molecule has 4 aromatic carbocycles. The monoisotopic (exact) mass is 571 g/mol. The molecule has 9 nitrogen and oxygen atoms in total. The van der Waals surface area contributed by atoms with Gasteiger partial charge in [0.05, 0.1) is 6.54 Å². The third-order valence-electron chi connectivity index (χ3n) is 7.71. The summed E-state index contributed by atoms with van der Waals surface area (Å²) < 4.78 is 0. The zero-order chi connectivity index (χ0) is 29.4. The van der Waals surface area contributed by atoms with Crippen LogP contribution in [-0.2, 0) is 13.0 Å². The molecule has 0 saturated carbocycles. The Morgan fingerprint density at radius 2 is 1.40 bits per heavy atom. The Labute approximate surface area is 250 Å². The van der Waals surface area contributed by atoms with Crippen LogP contribution in [0, 0.1) is 0 Å². The second-order valence-corrected chi connectivity index (χ2v) is 10.7. The van der Waals surface area contributed by atoms with E-state index in [4.69, 9.17) is 0 Å². The number of benzene rings is 4. The summed E-state index contributed by atoms with van der Waals surface area (Å²) in [6.45, 7) is 2.47. The molecule has 2 amide bonds. The number of rotatable bonds is 9. The van der Waals surface area contributed by atoms with Crippen LogP contribution >= 0.6 is 0 Å². The van der Waals surface area contributed by atoms with Gasteiger partial charge in [-0.15, -0.1) is 5.10 Å².